The molecule has 1 aliphatic heterocycles. The first-order valence-corrected chi connectivity index (χ1v) is 10.3. The summed E-state index contributed by atoms with van der Waals surface area (Å²) in [7, 11) is 0. The SMILES string of the molecule is O=C(Nc1ccccc1Oc1ccccc1)[C@H]1CCCN(Cc2ccc(F)cc2)C1. The van der Waals surface area contributed by atoms with Gasteiger partial charge in [-0.2, -0.15) is 0 Å². The van der Waals surface area contributed by atoms with Crippen molar-refractivity contribution in [3.8, 4) is 11.5 Å². The van der Waals surface area contributed by atoms with E-state index in [1.165, 1.54) is 12.1 Å². The van der Waals surface area contributed by atoms with Crippen LogP contribution < -0.4 is 10.1 Å². The molecule has 0 saturated carbocycles. The van der Waals surface area contributed by atoms with Crippen LogP contribution >= 0.6 is 0 Å². The molecule has 0 aliphatic carbocycles. The number of nitrogens with one attached hydrogen (secondary N) is 1. The van der Waals surface area contributed by atoms with E-state index in [2.05, 4.69) is 10.2 Å². The molecule has 3 aromatic carbocycles. The third-order valence-electron chi connectivity index (χ3n) is 5.31. The fraction of sp³-hybridized carbons (Fsp3) is 0.240. The fourth-order valence-corrected chi connectivity index (χ4v) is 3.77. The van der Waals surface area contributed by atoms with Crippen LogP contribution in [0, 0.1) is 11.7 Å². The molecule has 1 aliphatic rings. The molecule has 1 fully saturated rings. The molecule has 1 amide bonds. The molecule has 30 heavy (non-hydrogen) atoms. The summed E-state index contributed by atoms with van der Waals surface area (Å²) in [5, 5.41) is 3.05. The molecule has 0 radical (unpaired) electrons. The van der Waals surface area contributed by atoms with E-state index in [4.69, 9.17) is 4.74 Å². The van der Waals surface area contributed by atoms with Gasteiger partial charge in [-0.1, -0.05) is 42.5 Å². The van der Waals surface area contributed by atoms with Crippen LogP contribution in [0.5, 0.6) is 11.5 Å². The number of likely N-dealkylation sites (tertiary alicyclic amines) is 1. The van der Waals surface area contributed by atoms with Crippen LogP contribution in [-0.2, 0) is 11.3 Å². The van der Waals surface area contributed by atoms with Crippen molar-refractivity contribution < 1.29 is 13.9 Å². The number of benzene rings is 3. The normalized spacial score (nSPS) is 16.8. The maximum Gasteiger partial charge on any atom is 0.228 e. The van der Waals surface area contributed by atoms with Gasteiger partial charge < -0.3 is 10.1 Å². The standard InChI is InChI=1S/C25H25FN2O2/c26-21-14-12-19(13-15-21)17-28-16-6-7-20(18-28)25(29)27-23-10-4-5-11-24(23)30-22-8-2-1-3-9-22/h1-5,8-15,20H,6-7,16-18H2,(H,27,29)/t20-/m0/s1. The van der Waals surface area contributed by atoms with Crippen molar-refractivity contribution in [1.82, 2.24) is 4.90 Å². The Hall–Kier alpha value is -3.18. The van der Waals surface area contributed by atoms with Gasteiger partial charge in [0.15, 0.2) is 5.75 Å². The molecule has 0 bridgehead atoms. The van der Waals surface area contributed by atoms with Crippen LogP contribution in [0.25, 0.3) is 0 Å². The first-order valence-electron chi connectivity index (χ1n) is 10.3. The summed E-state index contributed by atoms with van der Waals surface area (Å²) in [6.45, 7) is 2.34. The average molecular weight is 404 g/mol. The smallest absolute Gasteiger partial charge is 0.228 e. The van der Waals surface area contributed by atoms with Crippen LogP contribution in [0.1, 0.15) is 18.4 Å². The number of hydrogen-bond donors (Lipinski definition) is 1. The Morgan fingerprint density at radius 1 is 1.00 bits per heavy atom. The number of para-hydroxylation sites is 3. The Bertz CT molecular complexity index is 976. The van der Waals surface area contributed by atoms with Crippen LogP contribution in [0.4, 0.5) is 10.1 Å². The number of piperidine rings is 1. The molecule has 1 N–H and O–H groups in total. The zero-order valence-corrected chi connectivity index (χ0v) is 16.8. The van der Waals surface area contributed by atoms with Gasteiger partial charge in [0.2, 0.25) is 5.91 Å². The molecular formula is C25H25FN2O2. The van der Waals surface area contributed by atoms with E-state index in [1.54, 1.807) is 12.1 Å². The lowest BCUT2D eigenvalue weighted by molar-refractivity contribution is -0.121. The minimum absolute atomic E-state index is 0.00270. The molecule has 1 heterocycles. The number of anilines is 1. The first kappa shape index (κ1) is 20.1. The van der Waals surface area contributed by atoms with Crippen molar-refractivity contribution in [1.29, 1.82) is 0 Å². The minimum atomic E-state index is -0.231. The van der Waals surface area contributed by atoms with Crippen LogP contribution in [0.3, 0.4) is 0 Å². The third-order valence-corrected chi connectivity index (χ3v) is 5.31. The highest BCUT2D eigenvalue weighted by molar-refractivity contribution is 5.94. The highest BCUT2D eigenvalue weighted by Crippen LogP contribution is 2.30. The molecule has 5 heteroatoms. The van der Waals surface area contributed by atoms with Gasteiger partial charge in [0.05, 0.1) is 11.6 Å². The van der Waals surface area contributed by atoms with Gasteiger partial charge >= 0.3 is 0 Å². The zero-order chi connectivity index (χ0) is 20.8. The number of carbonyl (C=O) groups excluding carboxylic acids is 1. The summed E-state index contributed by atoms with van der Waals surface area (Å²) in [4.78, 5) is 15.2. The van der Waals surface area contributed by atoms with E-state index in [0.29, 0.717) is 18.0 Å². The van der Waals surface area contributed by atoms with E-state index < -0.39 is 0 Å². The van der Waals surface area contributed by atoms with Gasteiger partial charge in [0, 0.05) is 13.1 Å². The number of ether oxygens (including phenoxy) is 1. The van der Waals surface area contributed by atoms with Crippen LogP contribution in [0.15, 0.2) is 78.9 Å². The first-order chi connectivity index (χ1) is 14.7. The van der Waals surface area contributed by atoms with Crippen molar-refractivity contribution in [2.24, 2.45) is 5.92 Å². The Labute approximate surface area is 176 Å². The highest BCUT2D eigenvalue weighted by atomic mass is 19.1. The van der Waals surface area contributed by atoms with Crippen molar-refractivity contribution in [2.45, 2.75) is 19.4 Å². The lowest BCUT2D eigenvalue weighted by Crippen LogP contribution is -2.40. The van der Waals surface area contributed by atoms with Gasteiger partial charge in [0.1, 0.15) is 11.6 Å². The molecule has 0 spiro atoms. The molecule has 3 aromatic rings. The molecule has 4 nitrogen and oxygen atoms in total. The van der Waals surface area contributed by atoms with E-state index in [-0.39, 0.29) is 17.6 Å². The number of halogens is 1. The Kier molecular flexibility index (Phi) is 6.40. The van der Waals surface area contributed by atoms with E-state index in [1.807, 2.05) is 54.6 Å². The summed E-state index contributed by atoms with van der Waals surface area (Å²) >= 11 is 0. The van der Waals surface area contributed by atoms with Crippen molar-refractivity contribution in [3.63, 3.8) is 0 Å². The largest absolute Gasteiger partial charge is 0.455 e. The lowest BCUT2D eigenvalue weighted by Gasteiger charge is -2.32. The summed E-state index contributed by atoms with van der Waals surface area (Å²) in [5.41, 5.74) is 1.72. The third kappa shape index (κ3) is 5.24. The quantitative estimate of drug-likeness (QED) is 0.592. The molecule has 1 atom stereocenters. The molecular weight excluding hydrogens is 379 g/mol. The maximum atomic E-state index is 13.1. The summed E-state index contributed by atoms with van der Waals surface area (Å²) in [6.07, 6.45) is 1.81. The Balaban J connectivity index is 1.39. The Morgan fingerprint density at radius 2 is 1.73 bits per heavy atom. The second-order valence-electron chi connectivity index (χ2n) is 7.60. The van der Waals surface area contributed by atoms with Crippen molar-refractivity contribution in [2.75, 3.05) is 18.4 Å². The zero-order valence-electron chi connectivity index (χ0n) is 16.8. The van der Waals surface area contributed by atoms with Gasteiger partial charge in [-0.05, 0) is 61.3 Å². The number of amides is 1. The summed E-state index contributed by atoms with van der Waals surface area (Å²) in [6, 6.07) is 23.6. The van der Waals surface area contributed by atoms with Gasteiger partial charge in [0.25, 0.3) is 0 Å². The van der Waals surface area contributed by atoms with Crippen molar-refractivity contribution >= 4 is 11.6 Å². The number of nitrogens with zero attached hydrogens (tertiary/aromatic N) is 1. The second-order valence-corrected chi connectivity index (χ2v) is 7.60. The highest BCUT2D eigenvalue weighted by Gasteiger charge is 2.26. The molecule has 4 rings (SSSR count). The number of hydrogen-bond acceptors (Lipinski definition) is 3. The maximum absolute atomic E-state index is 13.1. The Morgan fingerprint density at radius 3 is 2.53 bits per heavy atom. The fourth-order valence-electron chi connectivity index (χ4n) is 3.77. The molecule has 0 unspecified atom stereocenters. The predicted molar refractivity (Wildman–Crippen MR) is 116 cm³/mol. The van der Waals surface area contributed by atoms with Crippen LogP contribution in [0.2, 0.25) is 0 Å². The molecule has 154 valence electrons. The van der Waals surface area contributed by atoms with Gasteiger partial charge in [-0.3, -0.25) is 9.69 Å². The summed E-state index contributed by atoms with van der Waals surface area (Å²) in [5.74, 6) is 1.02. The van der Waals surface area contributed by atoms with E-state index in [0.717, 1.165) is 37.2 Å². The van der Waals surface area contributed by atoms with Gasteiger partial charge in [-0.25, -0.2) is 4.39 Å². The van der Waals surface area contributed by atoms with Gasteiger partial charge in [-0.15, -0.1) is 0 Å². The molecule has 0 aromatic heterocycles. The average Bonchev–Trinajstić information content (AvgIpc) is 2.78. The monoisotopic (exact) mass is 404 g/mol. The predicted octanol–water partition coefficient (Wildman–Crippen LogP) is 5.47. The number of rotatable bonds is 6. The molecule has 1 saturated heterocycles. The van der Waals surface area contributed by atoms with E-state index in [9.17, 15) is 9.18 Å². The lowest BCUT2D eigenvalue weighted by atomic mass is 9.96. The second kappa shape index (κ2) is 9.55. The topological polar surface area (TPSA) is 41.6 Å². The van der Waals surface area contributed by atoms with Crippen LogP contribution in [-0.4, -0.2) is 23.9 Å². The van der Waals surface area contributed by atoms with E-state index >= 15 is 0 Å². The number of carbonyl (C=O) groups is 1. The minimum Gasteiger partial charge on any atom is -0.455 e. The van der Waals surface area contributed by atoms with Crippen molar-refractivity contribution in [3.05, 3.63) is 90.2 Å². The summed E-state index contributed by atoms with van der Waals surface area (Å²) < 4.78 is 19.1.